The molecule has 0 nitrogen and oxygen atoms in total. The van der Waals surface area contributed by atoms with E-state index in [0.717, 1.165) is 5.92 Å². The largest absolute Gasteiger partial charge is 0.0616 e. The highest BCUT2D eigenvalue weighted by Gasteiger charge is 2.25. The third-order valence-electron chi connectivity index (χ3n) is 3.63. The Hall–Kier alpha value is -1.30. The number of fused-ring (bicyclic) bond motifs is 1. The van der Waals surface area contributed by atoms with Crippen LogP contribution in [0.4, 0.5) is 0 Å². The van der Waals surface area contributed by atoms with Gasteiger partial charge in [0.25, 0.3) is 0 Å². The number of hydrogen-bond acceptors (Lipinski definition) is 0. The molecule has 0 N–H and O–H groups in total. The smallest absolute Gasteiger partial charge is 0.0146 e. The maximum atomic E-state index is 2.36. The van der Waals surface area contributed by atoms with Crippen molar-refractivity contribution in [2.24, 2.45) is 0 Å². The highest BCUT2D eigenvalue weighted by molar-refractivity contribution is 5.89. The molecule has 0 spiro atoms. The summed E-state index contributed by atoms with van der Waals surface area (Å²) in [5.74, 6) is 1.45. The van der Waals surface area contributed by atoms with Crippen molar-refractivity contribution in [1.29, 1.82) is 0 Å². The zero-order valence-electron chi connectivity index (χ0n) is 10.0. The molecule has 82 valence electrons. The minimum Gasteiger partial charge on any atom is -0.0616 e. The van der Waals surface area contributed by atoms with E-state index in [0.29, 0.717) is 5.92 Å². The van der Waals surface area contributed by atoms with Gasteiger partial charge in [0.15, 0.2) is 0 Å². The Bertz CT molecular complexity index is 478. The van der Waals surface area contributed by atoms with Crippen molar-refractivity contribution in [3.8, 4) is 0 Å². The molecule has 0 radical (unpaired) electrons. The highest BCUT2D eigenvalue weighted by atomic mass is 14.3. The fraction of sp³-hybridized carbons (Fsp3) is 0.375. The fourth-order valence-electron chi connectivity index (χ4n) is 2.60. The maximum Gasteiger partial charge on any atom is -0.0146 e. The van der Waals surface area contributed by atoms with Crippen molar-refractivity contribution < 1.29 is 0 Å². The lowest BCUT2D eigenvalue weighted by atomic mass is 9.92. The zero-order chi connectivity index (χ0) is 11.1. The molecule has 2 aromatic rings. The van der Waals surface area contributed by atoms with Crippen LogP contribution in [0.5, 0.6) is 0 Å². The molecule has 1 saturated carbocycles. The van der Waals surface area contributed by atoms with Gasteiger partial charge in [-0.3, -0.25) is 0 Å². The van der Waals surface area contributed by atoms with Gasteiger partial charge in [0.2, 0.25) is 0 Å². The molecule has 0 heterocycles. The van der Waals surface area contributed by atoms with Crippen LogP contribution >= 0.6 is 0 Å². The minimum absolute atomic E-state index is 0.609. The summed E-state index contributed by atoms with van der Waals surface area (Å²) < 4.78 is 0. The van der Waals surface area contributed by atoms with Gasteiger partial charge in [-0.15, -0.1) is 0 Å². The molecule has 1 aliphatic carbocycles. The molecule has 0 bridgehead atoms. The predicted molar refractivity (Wildman–Crippen MR) is 70.0 cm³/mol. The lowest BCUT2D eigenvalue weighted by molar-refractivity contribution is 0.875. The summed E-state index contributed by atoms with van der Waals surface area (Å²) in [6.45, 7) is 4.55. The molecule has 0 atom stereocenters. The van der Waals surface area contributed by atoms with Crippen LogP contribution in [0.2, 0.25) is 0 Å². The summed E-state index contributed by atoms with van der Waals surface area (Å²) in [4.78, 5) is 0. The summed E-state index contributed by atoms with van der Waals surface area (Å²) in [5, 5.41) is 2.94. The number of rotatable bonds is 2. The summed E-state index contributed by atoms with van der Waals surface area (Å²) in [6.07, 6.45) is 2.76. The summed E-state index contributed by atoms with van der Waals surface area (Å²) in [5.41, 5.74) is 3.06. The van der Waals surface area contributed by atoms with Gasteiger partial charge in [-0.05, 0) is 46.6 Å². The SMILES string of the molecule is CC(C)c1ccc(C2CC2)c2ccccc12. The van der Waals surface area contributed by atoms with E-state index in [2.05, 4.69) is 50.2 Å². The van der Waals surface area contributed by atoms with Crippen molar-refractivity contribution in [2.45, 2.75) is 38.5 Å². The molecule has 0 unspecified atom stereocenters. The van der Waals surface area contributed by atoms with Crippen molar-refractivity contribution in [3.63, 3.8) is 0 Å². The van der Waals surface area contributed by atoms with Crippen LogP contribution in [0.3, 0.4) is 0 Å². The van der Waals surface area contributed by atoms with Crippen molar-refractivity contribution >= 4 is 10.8 Å². The number of hydrogen-bond donors (Lipinski definition) is 0. The van der Waals surface area contributed by atoms with E-state index in [-0.39, 0.29) is 0 Å². The van der Waals surface area contributed by atoms with Crippen molar-refractivity contribution in [1.82, 2.24) is 0 Å². The van der Waals surface area contributed by atoms with Crippen molar-refractivity contribution in [2.75, 3.05) is 0 Å². The Morgan fingerprint density at radius 3 is 2.25 bits per heavy atom. The average Bonchev–Trinajstić information content (AvgIpc) is 3.11. The third-order valence-corrected chi connectivity index (χ3v) is 3.63. The molecule has 0 aromatic heterocycles. The molecule has 0 amide bonds. The normalized spacial score (nSPS) is 15.9. The first-order valence-electron chi connectivity index (χ1n) is 6.29. The molecule has 1 fully saturated rings. The molecule has 0 aliphatic heterocycles. The quantitative estimate of drug-likeness (QED) is 0.665. The molecule has 2 aromatic carbocycles. The Morgan fingerprint density at radius 2 is 1.62 bits per heavy atom. The Kier molecular flexibility index (Phi) is 2.24. The highest BCUT2D eigenvalue weighted by Crippen LogP contribution is 2.44. The van der Waals surface area contributed by atoms with Gasteiger partial charge in [0, 0.05) is 0 Å². The first-order chi connectivity index (χ1) is 7.77. The monoisotopic (exact) mass is 210 g/mol. The van der Waals surface area contributed by atoms with Gasteiger partial charge in [-0.2, -0.15) is 0 Å². The van der Waals surface area contributed by atoms with E-state index in [1.807, 2.05) is 0 Å². The Labute approximate surface area is 97.3 Å². The second-order valence-corrected chi connectivity index (χ2v) is 5.22. The topological polar surface area (TPSA) is 0 Å². The third kappa shape index (κ3) is 1.53. The second kappa shape index (κ2) is 3.62. The fourth-order valence-corrected chi connectivity index (χ4v) is 2.60. The number of benzene rings is 2. The van der Waals surface area contributed by atoms with E-state index >= 15 is 0 Å². The summed E-state index contributed by atoms with van der Waals surface area (Å²) in [6, 6.07) is 13.6. The second-order valence-electron chi connectivity index (χ2n) is 5.22. The van der Waals surface area contributed by atoms with E-state index in [9.17, 15) is 0 Å². The van der Waals surface area contributed by atoms with Gasteiger partial charge in [0.1, 0.15) is 0 Å². The van der Waals surface area contributed by atoms with Crippen molar-refractivity contribution in [3.05, 3.63) is 47.5 Å². The first-order valence-corrected chi connectivity index (χ1v) is 6.29. The molecule has 1 aliphatic rings. The van der Waals surface area contributed by atoms with Crippen LogP contribution in [0.25, 0.3) is 10.8 Å². The van der Waals surface area contributed by atoms with Crippen LogP contribution in [0.1, 0.15) is 49.7 Å². The standard InChI is InChI=1S/C16H18/c1-11(2)13-9-10-14(12-7-8-12)16-6-4-3-5-15(13)16/h3-6,9-12H,7-8H2,1-2H3. The lowest BCUT2D eigenvalue weighted by Crippen LogP contribution is -1.92. The molecule has 16 heavy (non-hydrogen) atoms. The maximum absolute atomic E-state index is 2.36. The summed E-state index contributed by atoms with van der Waals surface area (Å²) >= 11 is 0. The lowest BCUT2D eigenvalue weighted by Gasteiger charge is -2.13. The molecule has 0 heteroatoms. The predicted octanol–water partition coefficient (Wildman–Crippen LogP) is 4.84. The molecule has 3 rings (SSSR count). The summed E-state index contributed by atoms with van der Waals surface area (Å²) in [7, 11) is 0. The zero-order valence-corrected chi connectivity index (χ0v) is 10.0. The minimum atomic E-state index is 0.609. The molecular formula is C16H18. The van der Waals surface area contributed by atoms with Crippen LogP contribution < -0.4 is 0 Å². The van der Waals surface area contributed by atoms with E-state index in [1.165, 1.54) is 29.2 Å². The van der Waals surface area contributed by atoms with E-state index < -0.39 is 0 Å². The van der Waals surface area contributed by atoms with Crippen LogP contribution in [0.15, 0.2) is 36.4 Å². The Balaban J connectivity index is 2.29. The van der Waals surface area contributed by atoms with Crippen LogP contribution in [0, 0.1) is 0 Å². The van der Waals surface area contributed by atoms with Gasteiger partial charge in [-0.25, -0.2) is 0 Å². The average molecular weight is 210 g/mol. The van der Waals surface area contributed by atoms with Crippen LogP contribution in [-0.2, 0) is 0 Å². The van der Waals surface area contributed by atoms with Gasteiger partial charge >= 0.3 is 0 Å². The van der Waals surface area contributed by atoms with Crippen LogP contribution in [-0.4, -0.2) is 0 Å². The van der Waals surface area contributed by atoms with E-state index in [1.54, 1.807) is 5.56 Å². The van der Waals surface area contributed by atoms with Gasteiger partial charge in [-0.1, -0.05) is 50.2 Å². The Morgan fingerprint density at radius 1 is 0.938 bits per heavy atom. The van der Waals surface area contributed by atoms with Gasteiger partial charge < -0.3 is 0 Å². The molecule has 0 saturated heterocycles. The molecular weight excluding hydrogens is 192 g/mol. The van der Waals surface area contributed by atoms with Gasteiger partial charge in [0.05, 0.1) is 0 Å². The van der Waals surface area contributed by atoms with E-state index in [4.69, 9.17) is 0 Å². The first kappa shape index (κ1) is 9.89.